The van der Waals surface area contributed by atoms with E-state index in [4.69, 9.17) is 4.74 Å². The first kappa shape index (κ1) is 15.5. The molecule has 0 spiro atoms. The highest BCUT2D eigenvalue weighted by atomic mass is 16.5. The molecule has 114 valence electrons. The minimum absolute atomic E-state index is 0.474. The summed E-state index contributed by atoms with van der Waals surface area (Å²) >= 11 is 0. The molecule has 0 unspecified atom stereocenters. The highest BCUT2D eigenvalue weighted by Gasteiger charge is 2.23. The molecule has 0 aromatic heterocycles. The fourth-order valence-electron chi connectivity index (χ4n) is 2.23. The molecule has 1 aliphatic rings. The zero-order chi connectivity index (χ0) is 15.1. The molecule has 0 bridgehead atoms. The van der Waals surface area contributed by atoms with E-state index in [2.05, 4.69) is 12.2 Å². The number of carbonyl (C=O) groups is 2. The Balaban J connectivity index is 1.88. The lowest BCUT2D eigenvalue weighted by Crippen LogP contribution is -2.45. The summed E-state index contributed by atoms with van der Waals surface area (Å²) in [5.41, 5.74) is 1.90. The Bertz CT molecular complexity index is 479. The normalized spacial score (nSPS) is 14.8. The highest BCUT2D eigenvalue weighted by molar-refractivity contribution is 6.39. The standard InChI is InChI=1S/C16H22N2O3/c1-2-3-4-13-5-7-14(8-6-13)17-15(19)16(20)18-9-11-21-12-10-18/h5-8H,2-4,9-12H2,1H3,(H,17,19). The van der Waals surface area contributed by atoms with Crippen LogP contribution in [-0.4, -0.2) is 43.0 Å². The van der Waals surface area contributed by atoms with Crippen LogP contribution in [0.2, 0.25) is 0 Å². The van der Waals surface area contributed by atoms with Crippen LogP contribution >= 0.6 is 0 Å². The minimum Gasteiger partial charge on any atom is -0.378 e. The van der Waals surface area contributed by atoms with Crippen molar-refractivity contribution >= 4 is 17.5 Å². The smallest absolute Gasteiger partial charge is 0.313 e. The number of morpholine rings is 1. The largest absolute Gasteiger partial charge is 0.378 e. The molecule has 21 heavy (non-hydrogen) atoms. The van der Waals surface area contributed by atoms with Crippen LogP contribution in [-0.2, 0) is 20.7 Å². The predicted molar refractivity (Wildman–Crippen MR) is 81.1 cm³/mol. The number of carbonyl (C=O) groups excluding carboxylic acids is 2. The van der Waals surface area contributed by atoms with Crippen LogP contribution in [0.1, 0.15) is 25.3 Å². The predicted octanol–water partition coefficient (Wildman–Crippen LogP) is 1.83. The second-order valence-electron chi connectivity index (χ2n) is 5.16. The van der Waals surface area contributed by atoms with E-state index < -0.39 is 11.8 Å². The third-order valence-corrected chi connectivity index (χ3v) is 3.52. The molecule has 0 saturated carbocycles. The molecule has 1 fully saturated rings. The third-order valence-electron chi connectivity index (χ3n) is 3.52. The maximum Gasteiger partial charge on any atom is 0.313 e. The van der Waals surface area contributed by atoms with Crippen LogP contribution in [0.3, 0.4) is 0 Å². The van der Waals surface area contributed by atoms with Gasteiger partial charge in [-0.2, -0.15) is 0 Å². The number of amides is 2. The zero-order valence-corrected chi connectivity index (χ0v) is 12.4. The average Bonchev–Trinajstić information content (AvgIpc) is 2.54. The van der Waals surface area contributed by atoms with Crippen molar-refractivity contribution in [2.45, 2.75) is 26.2 Å². The lowest BCUT2D eigenvalue weighted by atomic mass is 10.1. The van der Waals surface area contributed by atoms with Gasteiger partial charge in [-0.1, -0.05) is 25.5 Å². The third kappa shape index (κ3) is 4.56. The molecule has 0 aliphatic carbocycles. The van der Waals surface area contributed by atoms with Crippen molar-refractivity contribution in [1.82, 2.24) is 4.90 Å². The molecule has 2 amide bonds. The molecule has 2 rings (SSSR count). The van der Waals surface area contributed by atoms with Crippen molar-refractivity contribution in [2.24, 2.45) is 0 Å². The summed E-state index contributed by atoms with van der Waals surface area (Å²) < 4.78 is 5.17. The van der Waals surface area contributed by atoms with E-state index >= 15 is 0 Å². The molecule has 1 heterocycles. The van der Waals surface area contributed by atoms with Gasteiger partial charge in [0.25, 0.3) is 0 Å². The summed E-state index contributed by atoms with van der Waals surface area (Å²) in [7, 11) is 0. The van der Waals surface area contributed by atoms with Crippen molar-refractivity contribution in [1.29, 1.82) is 0 Å². The molecule has 0 atom stereocenters. The molecule has 5 nitrogen and oxygen atoms in total. The molecular weight excluding hydrogens is 268 g/mol. The van der Waals surface area contributed by atoms with Gasteiger partial charge in [-0.15, -0.1) is 0 Å². The quantitative estimate of drug-likeness (QED) is 0.861. The number of rotatable bonds is 4. The van der Waals surface area contributed by atoms with Crippen LogP contribution < -0.4 is 5.32 Å². The molecular formula is C16H22N2O3. The Labute approximate surface area is 125 Å². The van der Waals surface area contributed by atoms with Gasteiger partial charge in [0.05, 0.1) is 13.2 Å². The van der Waals surface area contributed by atoms with E-state index in [1.807, 2.05) is 24.3 Å². The lowest BCUT2D eigenvalue weighted by molar-refractivity contribution is -0.145. The van der Waals surface area contributed by atoms with E-state index in [0.29, 0.717) is 32.0 Å². The van der Waals surface area contributed by atoms with Crippen LogP contribution in [0.5, 0.6) is 0 Å². The molecule has 1 saturated heterocycles. The van der Waals surface area contributed by atoms with Gasteiger partial charge in [-0.25, -0.2) is 0 Å². The Morgan fingerprint density at radius 2 is 1.86 bits per heavy atom. The zero-order valence-electron chi connectivity index (χ0n) is 12.4. The number of aryl methyl sites for hydroxylation is 1. The summed E-state index contributed by atoms with van der Waals surface area (Å²) in [5, 5.41) is 2.65. The van der Waals surface area contributed by atoms with Gasteiger partial charge >= 0.3 is 11.8 Å². The number of anilines is 1. The molecule has 1 aromatic carbocycles. The van der Waals surface area contributed by atoms with Crippen LogP contribution in [0.4, 0.5) is 5.69 Å². The topological polar surface area (TPSA) is 58.6 Å². The Kier molecular flexibility index (Phi) is 5.75. The van der Waals surface area contributed by atoms with Gasteiger partial charge in [-0.05, 0) is 30.5 Å². The lowest BCUT2D eigenvalue weighted by Gasteiger charge is -2.26. The second-order valence-corrected chi connectivity index (χ2v) is 5.16. The van der Waals surface area contributed by atoms with Crippen molar-refractivity contribution < 1.29 is 14.3 Å². The monoisotopic (exact) mass is 290 g/mol. The highest BCUT2D eigenvalue weighted by Crippen LogP contribution is 2.12. The SMILES string of the molecule is CCCCc1ccc(NC(=O)C(=O)N2CCOCC2)cc1. The maximum absolute atomic E-state index is 12.0. The molecule has 1 aliphatic heterocycles. The first-order chi connectivity index (χ1) is 10.2. The van der Waals surface area contributed by atoms with Crippen molar-refractivity contribution in [2.75, 3.05) is 31.6 Å². The van der Waals surface area contributed by atoms with Crippen LogP contribution in [0.25, 0.3) is 0 Å². The molecule has 1 N–H and O–H groups in total. The number of benzene rings is 1. The first-order valence-corrected chi connectivity index (χ1v) is 7.47. The van der Waals surface area contributed by atoms with E-state index in [1.54, 1.807) is 0 Å². The Morgan fingerprint density at radius 3 is 2.48 bits per heavy atom. The van der Waals surface area contributed by atoms with E-state index in [0.717, 1.165) is 19.3 Å². The van der Waals surface area contributed by atoms with Crippen LogP contribution in [0, 0.1) is 0 Å². The van der Waals surface area contributed by atoms with Gasteiger partial charge in [0.15, 0.2) is 0 Å². The fourth-order valence-corrected chi connectivity index (χ4v) is 2.23. The average molecular weight is 290 g/mol. The maximum atomic E-state index is 12.0. The van der Waals surface area contributed by atoms with Crippen molar-refractivity contribution in [3.05, 3.63) is 29.8 Å². The van der Waals surface area contributed by atoms with Crippen molar-refractivity contribution in [3.8, 4) is 0 Å². The second kappa shape index (κ2) is 7.78. The van der Waals surface area contributed by atoms with E-state index in [9.17, 15) is 9.59 Å². The first-order valence-electron chi connectivity index (χ1n) is 7.47. The van der Waals surface area contributed by atoms with E-state index in [-0.39, 0.29) is 0 Å². The molecule has 0 radical (unpaired) electrons. The van der Waals surface area contributed by atoms with Gasteiger partial charge in [0, 0.05) is 18.8 Å². The number of hydrogen-bond acceptors (Lipinski definition) is 3. The summed E-state index contributed by atoms with van der Waals surface area (Å²) in [6.45, 7) is 4.09. The number of ether oxygens (including phenoxy) is 1. The van der Waals surface area contributed by atoms with Crippen molar-refractivity contribution in [3.63, 3.8) is 0 Å². The number of nitrogens with one attached hydrogen (secondary N) is 1. The number of nitrogens with zero attached hydrogens (tertiary/aromatic N) is 1. The molecule has 1 aromatic rings. The molecule has 5 heteroatoms. The van der Waals surface area contributed by atoms with Gasteiger partial charge < -0.3 is 15.0 Å². The summed E-state index contributed by atoms with van der Waals surface area (Å²) in [6, 6.07) is 7.67. The summed E-state index contributed by atoms with van der Waals surface area (Å²) in [5.74, 6) is -1.08. The Hall–Kier alpha value is -1.88. The van der Waals surface area contributed by atoms with Gasteiger partial charge in [0.2, 0.25) is 0 Å². The fraction of sp³-hybridized carbons (Fsp3) is 0.500. The Morgan fingerprint density at radius 1 is 1.19 bits per heavy atom. The number of unbranched alkanes of at least 4 members (excludes halogenated alkanes) is 1. The van der Waals surface area contributed by atoms with Gasteiger partial charge in [0.1, 0.15) is 0 Å². The minimum atomic E-state index is -0.585. The number of hydrogen-bond donors (Lipinski definition) is 1. The van der Waals surface area contributed by atoms with Crippen LogP contribution in [0.15, 0.2) is 24.3 Å². The van der Waals surface area contributed by atoms with E-state index in [1.165, 1.54) is 10.5 Å². The van der Waals surface area contributed by atoms with Gasteiger partial charge in [-0.3, -0.25) is 9.59 Å². The summed E-state index contributed by atoms with van der Waals surface area (Å²) in [6.07, 6.45) is 3.35. The summed E-state index contributed by atoms with van der Waals surface area (Å²) in [4.78, 5) is 25.4.